The summed E-state index contributed by atoms with van der Waals surface area (Å²) in [6.07, 6.45) is 26.6. The minimum atomic E-state index is -0.853. The minimum Gasteiger partial charge on any atom is -0.504 e. The summed E-state index contributed by atoms with van der Waals surface area (Å²) in [6, 6.07) is 6.42. The van der Waals surface area contributed by atoms with Crippen LogP contribution in [0.4, 0.5) is 0 Å². The maximum atomic E-state index is 12.9. The maximum Gasteiger partial charge on any atom is 0.309 e. The van der Waals surface area contributed by atoms with Crippen LogP contribution in [0.3, 0.4) is 0 Å². The van der Waals surface area contributed by atoms with Gasteiger partial charge in [0, 0.05) is 5.56 Å². The standard InChI is InChI=1S/C78H116O15/c1-52-47-57(30-17-11-14-23-35-73(5,6)67(80)81)63(61(53(52)2)33-22-28-40-78(45-46-78)72(90)91)51-92-64-49-58(31-21-27-39-77(43-44-77)71(88)89)66(62(65(64)79)34-19-13-16-25-37-75(9,10)69(84)85)93-50-59-48-56(29-20-26-38-76(41-42-76)70(86)87)54(3)60(55(59)4)32-18-12-15-24-36-74(7,8)68(82)83/h47-49,79H,11-46,50-51H2,1-10H3,(H,80,81)(H,82,83)(H,84,85)(H,86,87)(H,88,89)(H,90,91). The van der Waals surface area contributed by atoms with Crippen LogP contribution in [0.15, 0.2) is 18.2 Å². The largest absolute Gasteiger partial charge is 0.504 e. The molecule has 0 spiro atoms. The lowest BCUT2D eigenvalue weighted by Crippen LogP contribution is -2.23. The first-order valence-corrected chi connectivity index (χ1v) is 35.6. The molecule has 518 valence electrons. The average molecular weight is 1290 g/mol. The van der Waals surface area contributed by atoms with E-state index in [1.54, 1.807) is 41.5 Å². The second-order valence-electron chi connectivity index (χ2n) is 30.8. The second kappa shape index (κ2) is 33.5. The summed E-state index contributed by atoms with van der Waals surface area (Å²) in [5.41, 5.74) is 8.66. The zero-order valence-corrected chi connectivity index (χ0v) is 58.5. The zero-order valence-electron chi connectivity index (χ0n) is 58.5. The van der Waals surface area contributed by atoms with E-state index in [0.29, 0.717) is 113 Å². The van der Waals surface area contributed by atoms with Gasteiger partial charge in [-0.2, -0.15) is 0 Å². The van der Waals surface area contributed by atoms with Crippen LogP contribution in [0.5, 0.6) is 17.2 Å². The van der Waals surface area contributed by atoms with Crippen molar-refractivity contribution >= 4 is 35.8 Å². The van der Waals surface area contributed by atoms with E-state index >= 15 is 0 Å². The first-order valence-electron chi connectivity index (χ1n) is 35.6. The molecule has 7 N–H and O–H groups in total. The van der Waals surface area contributed by atoms with E-state index in [2.05, 4.69) is 39.8 Å². The summed E-state index contributed by atoms with van der Waals surface area (Å²) in [5, 5.41) is 72.3. The highest BCUT2D eigenvalue weighted by molar-refractivity contribution is 5.79. The second-order valence-corrected chi connectivity index (χ2v) is 30.8. The molecule has 3 aliphatic rings. The number of aliphatic carboxylic acids is 6. The van der Waals surface area contributed by atoms with Gasteiger partial charge in [0.15, 0.2) is 11.5 Å². The summed E-state index contributed by atoms with van der Waals surface area (Å²) in [4.78, 5) is 72.4. The number of hydrogen-bond acceptors (Lipinski definition) is 9. The van der Waals surface area contributed by atoms with Gasteiger partial charge in [0.1, 0.15) is 19.0 Å². The van der Waals surface area contributed by atoms with Gasteiger partial charge in [-0.25, -0.2) is 0 Å². The minimum absolute atomic E-state index is 0.00765. The Hall–Kier alpha value is -6.12. The molecule has 0 bridgehead atoms. The van der Waals surface area contributed by atoms with E-state index in [-0.39, 0.29) is 19.0 Å². The molecule has 3 aromatic rings. The molecule has 0 aliphatic heterocycles. The zero-order chi connectivity index (χ0) is 68.5. The highest BCUT2D eigenvalue weighted by atomic mass is 16.5. The molecule has 0 atom stereocenters. The highest BCUT2D eigenvalue weighted by Crippen LogP contribution is 2.52. The SMILES string of the molecule is Cc1cc(CCCCCCC(C)(C)C(=O)O)c(COc2cc(CCCCC3(C(=O)O)CC3)c(OCc3cc(CCCCC4(C(=O)O)CC4)c(C)c(CCCCCCC(C)(C)C(=O)O)c3C)c(CCCCCCC(C)(C)C(=O)O)c2O)c(CCCCC2(C(=O)O)CC2)c1C. The van der Waals surface area contributed by atoms with E-state index in [0.717, 1.165) is 174 Å². The van der Waals surface area contributed by atoms with Crippen molar-refractivity contribution in [2.45, 2.75) is 314 Å². The molecule has 0 heterocycles. The van der Waals surface area contributed by atoms with E-state index in [9.17, 15) is 64.5 Å². The molecule has 6 rings (SSSR count). The third kappa shape index (κ3) is 21.2. The third-order valence-corrected chi connectivity index (χ3v) is 22.2. The van der Waals surface area contributed by atoms with Gasteiger partial charge in [0.05, 0.1) is 32.5 Å². The fourth-order valence-electron chi connectivity index (χ4n) is 14.0. The van der Waals surface area contributed by atoms with Crippen molar-refractivity contribution in [2.75, 3.05) is 0 Å². The number of carboxylic acid groups (broad SMARTS) is 6. The van der Waals surface area contributed by atoms with Crippen LogP contribution >= 0.6 is 0 Å². The van der Waals surface area contributed by atoms with E-state index in [4.69, 9.17) is 9.47 Å². The van der Waals surface area contributed by atoms with Gasteiger partial charge in [0.2, 0.25) is 0 Å². The summed E-state index contributed by atoms with van der Waals surface area (Å²) >= 11 is 0. The number of aromatic hydroxyl groups is 1. The smallest absolute Gasteiger partial charge is 0.309 e. The van der Waals surface area contributed by atoms with Crippen molar-refractivity contribution in [3.8, 4) is 17.2 Å². The van der Waals surface area contributed by atoms with Gasteiger partial charge in [-0.3, -0.25) is 28.8 Å². The number of ether oxygens (including phenoxy) is 2. The molecule has 3 fully saturated rings. The monoisotopic (exact) mass is 1290 g/mol. The first-order chi connectivity index (χ1) is 43.8. The number of carbonyl (C=O) groups is 6. The number of rotatable bonds is 48. The van der Waals surface area contributed by atoms with Crippen LogP contribution in [0.2, 0.25) is 0 Å². The molecule has 15 heteroatoms. The van der Waals surface area contributed by atoms with Crippen LogP contribution in [0.25, 0.3) is 0 Å². The quantitative estimate of drug-likeness (QED) is 0.0259. The van der Waals surface area contributed by atoms with Gasteiger partial charge >= 0.3 is 35.8 Å². The summed E-state index contributed by atoms with van der Waals surface area (Å²) < 4.78 is 14.2. The Morgan fingerprint density at radius 3 is 1.17 bits per heavy atom. The summed E-state index contributed by atoms with van der Waals surface area (Å²) in [6.45, 7) is 19.6. The number of aryl methyl sites for hydroxylation is 4. The van der Waals surface area contributed by atoms with Crippen LogP contribution in [-0.2, 0) is 80.5 Å². The van der Waals surface area contributed by atoms with Gasteiger partial charge in [0.25, 0.3) is 0 Å². The molecule has 0 saturated heterocycles. The van der Waals surface area contributed by atoms with Crippen molar-refractivity contribution in [2.24, 2.45) is 32.5 Å². The van der Waals surface area contributed by atoms with Crippen molar-refractivity contribution in [1.82, 2.24) is 0 Å². The van der Waals surface area contributed by atoms with Gasteiger partial charge < -0.3 is 45.2 Å². The Morgan fingerprint density at radius 2 is 0.742 bits per heavy atom. The first kappa shape index (κ1) is 75.9. The number of phenols is 1. The Morgan fingerprint density at radius 1 is 0.376 bits per heavy atom. The maximum absolute atomic E-state index is 12.9. The summed E-state index contributed by atoms with van der Waals surface area (Å²) in [7, 11) is 0. The van der Waals surface area contributed by atoms with Crippen LogP contribution in [0, 0.1) is 60.2 Å². The van der Waals surface area contributed by atoms with Gasteiger partial charge in [-0.05, 0) is 291 Å². The molecular weight excluding hydrogens is 1180 g/mol. The average Bonchev–Trinajstić information content (AvgIpc) is 2.00. The molecule has 15 nitrogen and oxygen atoms in total. The molecule has 0 aromatic heterocycles. The molecule has 93 heavy (non-hydrogen) atoms. The predicted octanol–water partition coefficient (Wildman–Crippen LogP) is 18.3. The molecule has 3 saturated carbocycles. The number of phenolic OH excluding ortho intramolecular Hbond substituents is 1. The molecule has 3 aliphatic carbocycles. The topological polar surface area (TPSA) is 262 Å². The lowest BCUT2D eigenvalue weighted by atomic mass is 9.86. The Labute approximate surface area is 555 Å². The number of unbranched alkanes of at least 4 members (excludes halogenated alkanes) is 12. The Balaban J connectivity index is 1.37. The fourth-order valence-corrected chi connectivity index (χ4v) is 14.0. The molecule has 0 unspecified atom stereocenters. The molecule has 0 radical (unpaired) electrons. The van der Waals surface area contributed by atoms with E-state index < -0.39 is 68.3 Å². The van der Waals surface area contributed by atoms with Crippen LogP contribution < -0.4 is 9.47 Å². The fraction of sp³-hybridized carbons (Fsp3) is 0.692. The predicted molar refractivity (Wildman–Crippen MR) is 364 cm³/mol. The molecule has 0 amide bonds. The van der Waals surface area contributed by atoms with Gasteiger partial charge in [-0.15, -0.1) is 0 Å². The lowest BCUT2D eigenvalue weighted by molar-refractivity contribution is -0.148. The van der Waals surface area contributed by atoms with E-state index in [1.165, 1.54) is 22.3 Å². The lowest BCUT2D eigenvalue weighted by Gasteiger charge is -2.24. The molecule has 3 aromatic carbocycles. The normalized spacial score (nSPS) is 15.4. The number of benzene rings is 3. The summed E-state index contributed by atoms with van der Waals surface area (Å²) in [5.74, 6) is -3.69. The number of carboxylic acids is 6. The van der Waals surface area contributed by atoms with Crippen LogP contribution in [-0.4, -0.2) is 71.6 Å². The van der Waals surface area contributed by atoms with Crippen LogP contribution in [0.1, 0.15) is 301 Å². The molecular formula is C78H116O15. The van der Waals surface area contributed by atoms with Crippen molar-refractivity contribution < 1.29 is 74.0 Å². The Bertz CT molecular complexity index is 3080. The highest BCUT2D eigenvalue weighted by Gasteiger charge is 2.51. The van der Waals surface area contributed by atoms with Crippen molar-refractivity contribution in [3.05, 3.63) is 85.0 Å². The van der Waals surface area contributed by atoms with Crippen molar-refractivity contribution in [1.29, 1.82) is 0 Å². The van der Waals surface area contributed by atoms with E-state index in [1.807, 2.05) is 6.07 Å². The van der Waals surface area contributed by atoms with Crippen molar-refractivity contribution in [3.63, 3.8) is 0 Å². The van der Waals surface area contributed by atoms with Gasteiger partial charge in [-0.1, -0.05) is 89.2 Å². The third-order valence-electron chi connectivity index (χ3n) is 22.2. The Kier molecular flexibility index (Phi) is 27.4. The number of hydrogen-bond donors (Lipinski definition) is 7.